The number of hydrogen-bond donors (Lipinski definition) is 1. The predicted molar refractivity (Wildman–Crippen MR) is 66.9 cm³/mol. The molecule has 0 bridgehead atoms. The fourth-order valence-corrected chi connectivity index (χ4v) is 2.22. The zero-order valence-electron chi connectivity index (χ0n) is 9.72. The van der Waals surface area contributed by atoms with Crippen molar-refractivity contribution in [2.24, 2.45) is 5.92 Å². The van der Waals surface area contributed by atoms with Crippen molar-refractivity contribution in [2.45, 2.75) is 39.2 Å². The second-order valence-corrected chi connectivity index (χ2v) is 4.89. The number of halogens is 1. The maximum Gasteiger partial charge on any atom is 0.169 e. The molecule has 0 radical (unpaired) electrons. The fraction of sp³-hybridized carbons (Fsp3) is 0.667. The third kappa shape index (κ3) is 3.99. The van der Waals surface area contributed by atoms with E-state index in [1.807, 2.05) is 19.2 Å². The van der Waals surface area contributed by atoms with E-state index in [0.717, 1.165) is 22.8 Å². The molecule has 1 N–H and O–H groups in total. The van der Waals surface area contributed by atoms with E-state index in [4.69, 9.17) is 4.42 Å². The molecule has 1 heterocycles. The van der Waals surface area contributed by atoms with Crippen LogP contribution in [0.15, 0.2) is 21.2 Å². The van der Waals surface area contributed by atoms with Crippen molar-refractivity contribution in [3.05, 3.63) is 22.6 Å². The predicted octanol–water partition coefficient (Wildman–Crippen LogP) is 4.13. The summed E-state index contributed by atoms with van der Waals surface area (Å²) in [6, 6.07) is 4.31. The van der Waals surface area contributed by atoms with Gasteiger partial charge in [-0.1, -0.05) is 26.7 Å². The van der Waals surface area contributed by atoms with Crippen molar-refractivity contribution in [3.63, 3.8) is 0 Å². The smallest absolute Gasteiger partial charge is 0.169 e. The molecule has 2 atom stereocenters. The quantitative estimate of drug-likeness (QED) is 0.843. The zero-order chi connectivity index (χ0) is 11.3. The Labute approximate surface area is 101 Å². The van der Waals surface area contributed by atoms with Crippen LogP contribution in [0.1, 0.15) is 44.9 Å². The van der Waals surface area contributed by atoms with Crippen molar-refractivity contribution in [1.82, 2.24) is 5.32 Å². The van der Waals surface area contributed by atoms with Crippen LogP contribution in [-0.2, 0) is 0 Å². The van der Waals surface area contributed by atoms with E-state index in [1.54, 1.807) is 0 Å². The molecule has 15 heavy (non-hydrogen) atoms. The molecule has 0 saturated carbocycles. The van der Waals surface area contributed by atoms with Crippen LogP contribution in [0.2, 0.25) is 0 Å². The third-order valence-electron chi connectivity index (χ3n) is 2.71. The van der Waals surface area contributed by atoms with Gasteiger partial charge in [-0.3, -0.25) is 0 Å². The van der Waals surface area contributed by atoms with Gasteiger partial charge >= 0.3 is 0 Å². The van der Waals surface area contributed by atoms with E-state index >= 15 is 0 Å². The van der Waals surface area contributed by atoms with E-state index in [1.165, 1.54) is 12.8 Å². The number of nitrogens with one attached hydrogen (secondary N) is 1. The lowest BCUT2D eigenvalue weighted by atomic mass is 9.96. The largest absolute Gasteiger partial charge is 0.453 e. The van der Waals surface area contributed by atoms with E-state index < -0.39 is 0 Å². The van der Waals surface area contributed by atoms with Crippen LogP contribution < -0.4 is 5.32 Å². The molecule has 86 valence electrons. The van der Waals surface area contributed by atoms with Gasteiger partial charge in [-0.25, -0.2) is 0 Å². The van der Waals surface area contributed by atoms with Crippen molar-refractivity contribution in [1.29, 1.82) is 0 Å². The van der Waals surface area contributed by atoms with Crippen LogP contribution in [0.4, 0.5) is 0 Å². The first-order valence-corrected chi connectivity index (χ1v) is 6.39. The second kappa shape index (κ2) is 6.33. The van der Waals surface area contributed by atoms with E-state index in [0.29, 0.717) is 6.04 Å². The van der Waals surface area contributed by atoms with Gasteiger partial charge in [-0.15, -0.1) is 0 Å². The van der Waals surface area contributed by atoms with Gasteiger partial charge in [0.1, 0.15) is 5.76 Å². The Morgan fingerprint density at radius 1 is 1.47 bits per heavy atom. The highest BCUT2D eigenvalue weighted by atomic mass is 79.9. The summed E-state index contributed by atoms with van der Waals surface area (Å²) in [5.41, 5.74) is 0. The molecule has 0 aliphatic heterocycles. The van der Waals surface area contributed by atoms with Gasteiger partial charge < -0.3 is 9.73 Å². The third-order valence-corrected chi connectivity index (χ3v) is 3.13. The Morgan fingerprint density at radius 3 is 2.67 bits per heavy atom. The molecule has 0 aliphatic carbocycles. The first-order chi connectivity index (χ1) is 7.17. The molecule has 2 unspecified atom stereocenters. The molecule has 0 aliphatic rings. The fourth-order valence-electron chi connectivity index (χ4n) is 1.90. The Morgan fingerprint density at radius 2 is 2.20 bits per heavy atom. The average Bonchev–Trinajstić information content (AvgIpc) is 2.61. The first-order valence-electron chi connectivity index (χ1n) is 5.59. The van der Waals surface area contributed by atoms with Gasteiger partial charge in [0.25, 0.3) is 0 Å². The van der Waals surface area contributed by atoms with Gasteiger partial charge in [0, 0.05) is 0 Å². The minimum Gasteiger partial charge on any atom is -0.453 e. The highest BCUT2D eigenvalue weighted by molar-refractivity contribution is 9.10. The summed E-state index contributed by atoms with van der Waals surface area (Å²) in [7, 11) is 1.99. The molecule has 0 spiro atoms. The van der Waals surface area contributed by atoms with Crippen LogP contribution >= 0.6 is 15.9 Å². The lowest BCUT2D eigenvalue weighted by Gasteiger charge is -2.18. The van der Waals surface area contributed by atoms with Gasteiger partial charge in [0.05, 0.1) is 6.04 Å². The standard InChI is InChI=1S/C12H20BrNO/c1-4-5-9(2)8-10(14-3)11-6-7-12(13)15-11/h6-7,9-10,14H,4-5,8H2,1-3H3. The molecule has 1 aromatic rings. The van der Waals surface area contributed by atoms with Crippen LogP contribution in [0.3, 0.4) is 0 Å². The molecule has 0 aromatic carbocycles. The molecule has 3 heteroatoms. The molecule has 0 saturated heterocycles. The van der Waals surface area contributed by atoms with Crippen molar-refractivity contribution >= 4 is 15.9 Å². The molecular formula is C12H20BrNO. The lowest BCUT2D eigenvalue weighted by Crippen LogP contribution is -2.18. The minimum absolute atomic E-state index is 0.331. The molecule has 0 fully saturated rings. The summed E-state index contributed by atoms with van der Waals surface area (Å²) in [4.78, 5) is 0. The Balaban J connectivity index is 2.56. The van der Waals surface area contributed by atoms with Gasteiger partial charge in [0.2, 0.25) is 0 Å². The highest BCUT2D eigenvalue weighted by Crippen LogP contribution is 2.26. The Hall–Kier alpha value is -0.280. The first kappa shape index (κ1) is 12.8. The monoisotopic (exact) mass is 273 g/mol. The SMILES string of the molecule is CCCC(C)CC(NC)c1ccc(Br)o1. The lowest BCUT2D eigenvalue weighted by molar-refractivity contribution is 0.349. The maximum atomic E-state index is 5.57. The summed E-state index contributed by atoms with van der Waals surface area (Å²) in [5, 5.41) is 3.31. The van der Waals surface area contributed by atoms with Gasteiger partial charge in [-0.05, 0) is 47.4 Å². The normalized spacial score (nSPS) is 15.2. The van der Waals surface area contributed by atoms with E-state index in [-0.39, 0.29) is 0 Å². The minimum atomic E-state index is 0.331. The van der Waals surface area contributed by atoms with Crippen LogP contribution in [0.5, 0.6) is 0 Å². The number of furan rings is 1. The Bertz CT molecular complexity index is 285. The van der Waals surface area contributed by atoms with Gasteiger partial charge in [0.15, 0.2) is 4.67 Å². The topological polar surface area (TPSA) is 25.2 Å². The number of hydrogen-bond acceptors (Lipinski definition) is 2. The van der Waals surface area contributed by atoms with Crippen molar-refractivity contribution in [2.75, 3.05) is 7.05 Å². The molecule has 0 amide bonds. The second-order valence-electron chi connectivity index (χ2n) is 4.11. The number of rotatable bonds is 6. The summed E-state index contributed by atoms with van der Waals surface area (Å²) < 4.78 is 6.38. The maximum absolute atomic E-state index is 5.57. The van der Waals surface area contributed by atoms with Crippen LogP contribution in [-0.4, -0.2) is 7.05 Å². The average molecular weight is 274 g/mol. The van der Waals surface area contributed by atoms with Crippen molar-refractivity contribution < 1.29 is 4.42 Å². The summed E-state index contributed by atoms with van der Waals surface area (Å²) in [6.45, 7) is 4.53. The van der Waals surface area contributed by atoms with Crippen LogP contribution in [0.25, 0.3) is 0 Å². The highest BCUT2D eigenvalue weighted by Gasteiger charge is 2.16. The molecule has 1 aromatic heterocycles. The summed E-state index contributed by atoms with van der Waals surface area (Å²) >= 11 is 3.33. The van der Waals surface area contributed by atoms with E-state index in [9.17, 15) is 0 Å². The van der Waals surface area contributed by atoms with Crippen LogP contribution in [0, 0.1) is 5.92 Å². The summed E-state index contributed by atoms with van der Waals surface area (Å²) in [5.74, 6) is 1.75. The Kier molecular flexibility index (Phi) is 5.40. The van der Waals surface area contributed by atoms with E-state index in [2.05, 4.69) is 35.1 Å². The molecular weight excluding hydrogens is 254 g/mol. The van der Waals surface area contributed by atoms with Crippen molar-refractivity contribution in [3.8, 4) is 0 Å². The molecule has 1 rings (SSSR count). The molecule has 2 nitrogen and oxygen atoms in total. The zero-order valence-corrected chi connectivity index (χ0v) is 11.3. The summed E-state index contributed by atoms with van der Waals surface area (Å²) in [6.07, 6.45) is 3.66. The van der Waals surface area contributed by atoms with Gasteiger partial charge in [-0.2, -0.15) is 0 Å².